The molecule has 0 bridgehead atoms. The highest BCUT2D eigenvalue weighted by Gasteiger charge is 2.41. The number of fused-ring (bicyclic) bond motifs is 1. The Morgan fingerprint density at radius 3 is 2.78 bits per heavy atom. The van der Waals surface area contributed by atoms with Gasteiger partial charge in [-0.3, -0.25) is 5.10 Å². The summed E-state index contributed by atoms with van der Waals surface area (Å²) in [7, 11) is 0. The van der Waals surface area contributed by atoms with Crippen molar-refractivity contribution in [1.29, 1.82) is 0 Å². The van der Waals surface area contributed by atoms with Gasteiger partial charge in [-0.2, -0.15) is 5.10 Å². The minimum atomic E-state index is -1.00. The number of H-pyrrole nitrogens is 1. The fourth-order valence-electron chi connectivity index (χ4n) is 4.62. The van der Waals surface area contributed by atoms with E-state index in [1.165, 1.54) is 12.1 Å². The summed E-state index contributed by atoms with van der Waals surface area (Å²) in [6, 6.07) is 3.83. The fraction of sp³-hybridized carbons (Fsp3) is 0.435. The van der Waals surface area contributed by atoms with E-state index < -0.39 is 11.6 Å². The number of rotatable bonds is 2. The van der Waals surface area contributed by atoms with Crippen molar-refractivity contribution in [3.05, 3.63) is 46.8 Å². The molecule has 1 aromatic carbocycles. The van der Waals surface area contributed by atoms with Crippen LogP contribution in [0.4, 0.5) is 14.6 Å². The molecule has 2 saturated heterocycles. The first-order valence-corrected chi connectivity index (χ1v) is 10.7. The summed E-state index contributed by atoms with van der Waals surface area (Å²) < 4.78 is 33.1. The van der Waals surface area contributed by atoms with Crippen molar-refractivity contribution in [2.24, 2.45) is 5.41 Å². The quantitative estimate of drug-likeness (QED) is 0.597. The number of halogens is 2. The number of aliphatic hydroxyl groups excluding tert-OH is 1. The highest BCUT2D eigenvalue weighted by atomic mass is 19.2. The van der Waals surface area contributed by atoms with Gasteiger partial charge in [0.15, 0.2) is 17.5 Å². The van der Waals surface area contributed by atoms with Crippen LogP contribution in [0.5, 0.6) is 0 Å². The number of anilines is 1. The minimum Gasteiger partial charge on any atom is -0.390 e. The van der Waals surface area contributed by atoms with Gasteiger partial charge < -0.3 is 14.7 Å². The van der Waals surface area contributed by atoms with Crippen molar-refractivity contribution in [2.45, 2.75) is 38.9 Å². The molecule has 1 spiro atoms. The Labute approximate surface area is 183 Å². The third-order valence-corrected chi connectivity index (χ3v) is 6.38. The van der Waals surface area contributed by atoms with Crippen molar-refractivity contribution in [3.63, 3.8) is 0 Å². The first-order chi connectivity index (χ1) is 15.5. The Balaban J connectivity index is 1.42. The molecular formula is C23H23F2N5O2. The van der Waals surface area contributed by atoms with Crippen molar-refractivity contribution >= 4 is 17.0 Å². The van der Waals surface area contributed by atoms with E-state index in [9.17, 15) is 13.9 Å². The molecule has 0 saturated carbocycles. The lowest BCUT2D eigenvalue weighted by Crippen LogP contribution is -2.41. The van der Waals surface area contributed by atoms with Gasteiger partial charge >= 0.3 is 0 Å². The predicted molar refractivity (Wildman–Crippen MR) is 114 cm³/mol. The molecule has 166 valence electrons. The summed E-state index contributed by atoms with van der Waals surface area (Å²) in [5.41, 5.74) is 1.67. The van der Waals surface area contributed by atoms with Crippen LogP contribution in [0, 0.1) is 28.9 Å². The van der Waals surface area contributed by atoms with Gasteiger partial charge in [0.2, 0.25) is 5.65 Å². The second-order valence-electron chi connectivity index (χ2n) is 8.59. The van der Waals surface area contributed by atoms with Crippen LogP contribution in [0.15, 0.2) is 18.2 Å². The number of aliphatic hydroxyl groups is 1. The van der Waals surface area contributed by atoms with Crippen LogP contribution in [0.3, 0.4) is 0 Å². The molecule has 2 aliphatic heterocycles. The average Bonchev–Trinajstić information content (AvgIpc) is 3.37. The maximum atomic E-state index is 13.9. The highest BCUT2D eigenvalue weighted by Crippen LogP contribution is 2.42. The third kappa shape index (κ3) is 3.70. The molecule has 32 heavy (non-hydrogen) atoms. The Bertz CT molecular complexity index is 1220. The molecule has 0 amide bonds. The molecule has 4 heterocycles. The van der Waals surface area contributed by atoms with Crippen molar-refractivity contribution in [1.82, 2.24) is 20.2 Å². The van der Waals surface area contributed by atoms with E-state index in [1.54, 1.807) is 0 Å². The average molecular weight is 439 g/mol. The maximum Gasteiger partial charge on any atom is 0.202 e. The van der Waals surface area contributed by atoms with E-state index in [-0.39, 0.29) is 17.6 Å². The van der Waals surface area contributed by atoms with Crippen molar-refractivity contribution in [3.8, 4) is 11.8 Å². The van der Waals surface area contributed by atoms with Crippen LogP contribution in [0.2, 0.25) is 0 Å². The lowest BCUT2D eigenvalue weighted by molar-refractivity contribution is 0.0975. The summed E-state index contributed by atoms with van der Waals surface area (Å²) in [6.45, 7) is 4.24. The zero-order valence-electron chi connectivity index (χ0n) is 17.7. The number of aromatic nitrogens is 4. The second kappa shape index (κ2) is 8.11. The number of hydrogen-bond donors (Lipinski definition) is 2. The van der Waals surface area contributed by atoms with Gasteiger partial charge in [0.1, 0.15) is 16.9 Å². The summed E-state index contributed by atoms with van der Waals surface area (Å²) in [4.78, 5) is 11.3. The molecule has 0 aliphatic carbocycles. The SMILES string of the molecule is C[C@H]1CC2(CCN(c3nc4n[nH]c(C#Cc5cccc(F)c5F)c4nc3CO)CC2)CO1. The van der Waals surface area contributed by atoms with E-state index in [0.717, 1.165) is 45.0 Å². The van der Waals surface area contributed by atoms with Crippen LogP contribution in [0.1, 0.15) is 43.1 Å². The number of nitrogens with zero attached hydrogens (tertiary/aromatic N) is 4. The molecule has 1 atom stereocenters. The minimum absolute atomic E-state index is 0.0628. The Kier molecular flexibility index (Phi) is 5.27. The lowest BCUT2D eigenvalue weighted by Gasteiger charge is -2.39. The molecule has 3 aromatic rings. The molecule has 0 radical (unpaired) electrons. The summed E-state index contributed by atoms with van der Waals surface area (Å²) in [5, 5.41) is 16.9. The maximum absolute atomic E-state index is 13.9. The van der Waals surface area contributed by atoms with Crippen LogP contribution in [-0.2, 0) is 11.3 Å². The van der Waals surface area contributed by atoms with Gasteiger partial charge in [0.05, 0.1) is 24.9 Å². The summed E-state index contributed by atoms with van der Waals surface area (Å²) >= 11 is 0. The van der Waals surface area contributed by atoms with Crippen LogP contribution in [-0.4, -0.2) is 51.1 Å². The first kappa shape index (κ1) is 20.8. The highest BCUT2D eigenvalue weighted by molar-refractivity contribution is 5.78. The number of nitrogens with one attached hydrogen (secondary N) is 1. The number of ether oxygens (including phenoxy) is 1. The lowest BCUT2D eigenvalue weighted by atomic mass is 9.77. The van der Waals surface area contributed by atoms with E-state index in [4.69, 9.17) is 4.74 Å². The van der Waals surface area contributed by atoms with Crippen LogP contribution >= 0.6 is 0 Å². The molecule has 7 nitrogen and oxygen atoms in total. The molecule has 0 unspecified atom stereocenters. The zero-order valence-corrected chi connectivity index (χ0v) is 17.7. The largest absolute Gasteiger partial charge is 0.390 e. The van der Waals surface area contributed by atoms with Crippen LogP contribution in [0.25, 0.3) is 11.2 Å². The van der Waals surface area contributed by atoms with Gasteiger partial charge in [0, 0.05) is 13.1 Å². The number of aromatic amines is 1. The van der Waals surface area contributed by atoms with Gasteiger partial charge in [-0.15, -0.1) is 0 Å². The molecule has 2 N–H and O–H groups in total. The zero-order chi connectivity index (χ0) is 22.3. The van der Waals surface area contributed by atoms with Gasteiger partial charge in [0.25, 0.3) is 0 Å². The van der Waals surface area contributed by atoms with E-state index in [2.05, 4.69) is 43.8 Å². The van der Waals surface area contributed by atoms with Crippen molar-refractivity contribution in [2.75, 3.05) is 24.6 Å². The Morgan fingerprint density at radius 2 is 2.06 bits per heavy atom. The molecule has 2 fully saturated rings. The van der Waals surface area contributed by atoms with E-state index in [1.807, 2.05) is 0 Å². The Hall–Kier alpha value is -3.09. The molecule has 5 rings (SSSR count). The summed E-state index contributed by atoms with van der Waals surface area (Å²) in [5.74, 6) is 4.01. The van der Waals surface area contributed by atoms with Crippen molar-refractivity contribution < 1.29 is 18.6 Å². The molecule has 9 heteroatoms. The monoisotopic (exact) mass is 439 g/mol. The van der Waals surface area contributed by atoms with Crippen LogP contribution < -0.4 is 4.90 Å². The van der Waals surface area contributed by atoms with E-state index >= 15 is 0 Å². The predicted octanol–water partition coefficient (Wildman–Crippen LogP) is 2.92. The third-order valence-electron chi connectivity index (χ3n) is 6.38. The fourth-order valence-corrected chi connectivity index (χ4v) is 4.62. The Morgan fingerprint density at radius 1 is 1.25 bits per heavy atom. The standard InChI is InChI=1S/C23H23F2N5O2/c1-14-11-23(13-32-14)7-9-30(10-8-23)22-18(12-31)26-20-17(28-29-21(20)27-22)6-5-15-3-2-4-16(24)19(15)25/h2-4,14,31H,7-13H2,1H3,(H,27,28,29)/t14-/m0/s1. The van der Waals surface area contributed by atoms with Gasteiger partial charge in [-0.25, -0.2) is 18.7 Å². The van der Waals surface area contributed by atoms with Gasteiger partial charge in [-0.1, -0.05) is 12.0 Å². The smallest absolute Gasteiger partial charge is 0.202 e. The van der Waals surface area contributed by atoms with Gasteiger partial charge in [-0.05, 0) is 49.7 Å². The molecule has 2 aliphatic rings. The summed E-state index contributed by atoms with van der Waals surface area (Å²) in [6.07, 6.45) is 3.37. The topological polar surface area (TPSA) is 87.2 Å². The first-order valence-electron chi connectivity index (χ1n) is 10.7. The number of benzene rings is 1. The van der Waals surface area contributed by atoms with E-state index in [0.29, 0.717) is 34.5 Å². The molecular weight excluding hydrogens is 416 g/mol. The molecule has 2 aromatic heterocycles. The normalized spacial score (nSPS) is 20.0. The number of hydrogen-bond acceptors (Lipinski definition) is 6. The number of piperidine rings is 1. The second-order valence-corrected chi connectivity index (χ2v) is 8.59.